The number of pyridine rings is 1. The minimum absolute atomic E-state index is 0.249. The van der Waals surface area contributed by atoms with Gasteiger partial charge in [-0.15, -0.1) is 15.7 Å². The van der Waals surface area contributed by atoms with Gasteiger partial charge in [-0.25, -0.2) is 14.1 Å². The van der Waals surface area contributed by atoms with Gasteiger partial charge in [-0.3, -0.25) is 4.98 Å². The number of carbonyl (C=O) groups excluding carboxylic acids is 1. The zero-order valence-corrected chi connectivity index (χ0v) is 16.4. The van der Waals surface area contributed by atoms with Crippen molar-refractivity contribution in [3.8, 4) is 0 Å². The van der Waals surface area contributed by atoms with E-state index in [0.29, 0.717) is 10.6 Å². The summed E-state index contributed by atoms with van der Waals surface area (Å²) in [6.07, 6.45) is 0. The number of thiophene rings is 1. The van der Waals surface area contributed by atoms with E-state index in [2.05, 4.69) is 14.7 Å². The largest absolute Gasteiger partial charge is 0.385 e. The van der Waals surface area contributed by atoms with Gasteiger partial charge in [0.2, 0.25) is 0 Å². The number of urea groups is 1. The Labute approximate surface area is 151 Å². The summed E-state index contributed by atoms with van der Waals surface area (Å²) in [5, 5.41) is 18.5. The van der Waals surface area contributed by atoms with Crippen LogP contribution < -0.4 is 10.5 Å². The van der Waals surface area contributed by atoms with Crippen LogP contribution in [0.1, 0.15) is 35.7 Å². The van der Waals surface area contributed by atoms with Crippen molar-refractivity contribution < 1.29 is 14.1 Å². The highest BCUT2D eigenvalue weighted by Gasteiger charge is 2.24. The Morgan fingerprint density at radius 2 is 1.84 bits per heavy atom. The predicted molar refractivity (Wildman–Crippen MR) is 100 cm³/mol. The summed E-state index contributed by atoms with van der Waals surface area (Å²) in [5.41, 5.74) is 1.66. The zero-order valence-electron chi connectivity index (χ0n) is 14.8. The average molecular weight is 383 g/mol. The fourth-order valence-corrected chi connectivity index (χ4v) is 4.90. The number of amides is 2. The molecule has 25 heavy (non-hydrogen) atoms. The van der Waals surface area contributed by atoms with Crippen LogP contribution in [0.2, 0.25) is 0 Å². The molecule has 0 aliphatic heterocycles. The number of hydrogen-bond donors (Lipinski definition) is 3. The van der Waals surface area contributed by atoms with Gasteiger partial charge in [-0.1, -0.05) is 0 Å². The molecular weight excluding hydrogens is 360 g/mol. The molecule has 0 fully saturated rings. The lowest BCUT2D eigenvalue weighted by molar-refractivity contribution is 0.0819. The predicted octanol–water partition coefficient (Wildman–Crippen LogP) is 3.23. The van der Waals surface area contributed by atoms with Crippen LogP contribution >= 0.6 is 11.3 Å². The Morgan fingerprint density at radius 1 is 1.28 bits per heavy atom. The summed E-state index contributed by atoms with van der Waals surface area (Å²) < 4.78 is 16.6. The van der Waals surface area contributed by atoms with Gasteiger partial charge in [0, 0.05) is 22.0 Å². The van der Waals surface area contributed by atoms with Gasteiger partial charge in [0.1, 0.15) is 4.21 Å². The maximum Gasteiger partial charge on any atom is 0.354 e. The second-order valence-electron chi connectivity index (χ2n) is 6.37. The number of anilines is 1. The monoisotopic (exact) mass is 382 g/mol. The molecule has 7 nitrogen and oxygen atoms in total. The third-order valence-corrected chi connectivity index (χ3v) is 6.73. The first-order valence-corrected chi connectivity index (χ1v) is 9.92. The summed E-state index contributed by atoms with van der Waals surface area (Å²) >= 11 is 1.09. The number of hydrogen-bond acceptors (Lipinski definition) is 5. The first-order valence-electron chi connectivity index (χ1n) is 7.53. The van der Waals surface area contributed by atoms with E-state index < -0.39 is 21.5 Å². The van der Waals surface area contributed by atoms with E-state index in [9.17, 15) is 14.1 Å². The molecule has 2 heterocycles. The molecule has 136 valence electrons. The Hall–Kier alpha value is -1.81. The van der Waals surface area contributed by atoms with Crippen LogP contribution in [0.25, 0.3) is 0 Å². The second-order valence-corrected chi connectivity index (χ2v) is 9.44. The molecule has 1 unspecified atom stereocenters. The molecule has 0 bridgehead atoms. The summed E-state index contributed by atoms with van der Waals surface area (Å²) in [6, 6.07) is 4.16. The van der Waals surface area contributed by atoms with E-state index >= 15 is 0 Å². The van der Waals surface area contributed by atoms with Crippen molar-refractivity contribution >= 4 is 33.0 Å². The van der Waals surface area contributed by atoms with Gasteiger partial charge in [0.05, 0.1) is 5.60 Å². The Bertz CT molecular complexity index is 915. The van der Waals surface area contributed by atoms with Crippen LogP contribution in [0.15, 0.2) is 26.8 Å². The molecule has 9 heteroatoms. The van der Waals surface area contributed by atoms with Crippen LogP contribution in [0.4, 0.5) is 10.5 Å². The van der Waals surface area contributed by atoms with Crippen molar-refractivity contribution in [1.82, 2.24) is 4.98 Å². The molecule has 0 spiro atoms. The van der Waals surface area contributed by atoms with Crippen molar-refractivity contribution in [2.24, 2.45) is 9.50 Å². The first kappa shape index (κ1) is 19.5. The molecule has 0 aromatic carbocycles. The van der Waals surface area contributed by atoms with E-state index in [1.165, 1.54) is 0 Å². The first-order chi connectivity index (χ1) is 11.4. The SMILES string of the molecule is Cc1cc(NC(=O)N=S(N)(=O)c2cc(C)c(C(C)(C)O)s2)cc(C)n1. The molecule has 1 atom stereocenters. The molecule has 0 radical (unpaired) electrons. The van der Waals surface area contributed by atoms with Crippen LogP contribution in [-0.2, 0) is 15.5 Å². The van der Waals surface area contributed by atoms with Gasteiger partial charge >= 0.3 is 6.03 Å². The maximum absolute atomic E-state index is 12.7. The fourth-order valence-electron chi connectivity index (χ4n) is 2.43. The molecule has 0 saturated heterocycles. The van der Waals surface area contributed by atoms with Crippen LogP contribution in [-0.4, -0.2) is 20.3 Å². The summed E-state index contributed by atoms with van der Waals surface area (Å²) in [5.74, 6) is 0. The Kier molecular flexibility index (Phi) is 5.33. The highest BCUT2D eigenvalue weighted by molar-refractivity contribution is 7.93. The van der Waals surface area contributed by atoms with E-state index in [4.69, 9.17) is 5.14 Å². The molecule has 2 rings (SSSR count). The maximum atomic E-state index is 12.7. The lowest BCUT2D eigenvalue weighted by Crippen LogP contribution is -2.17. The molecule has 2 aromatic heterocycles. The molecule has 0 aliphatic rings. The smallest absolute Gasteiger partial charge is 0.354 e. The highest BCUT2D eigenvalue weighted by Crippen LogP contribution is 2.34. The Balaban J connectivity index is 2.32. The zero-order chi connectivity index (χ0) is 19.0. The average Bonchev–Trinajstić information content (AvgIpc) is 2.79. The van der Waals surface area contributed by atoms with Gasteiger partial charge in [0.25, 0.3) is 0 Å². The summed E-state index contributed by atoms with van der Waals surface area (Å²) in [4.78, 5) is 17.0. The van der Waals surface area contributed by atoms with Crippen molar-refractivity contribution in [2.75, 3.05) is 5.32 Å². The summed E-state index contributed by atoms with van der Waals surface area (Å²) in [6.45, 7) is 8.65. The minimum atomic E-state index is -3.41. The third kappa shape index (κ3) is 4.85. The van der Waals surface area contributed by atoms with Gasteiger partial charge in [-0.05, 0) is 58.4 Å². The standard InChI is InChI=1S/C16H22N4O3S2/c1-9-6-13(24-14(9)16(4,5)22)25(17,23)20-15(21)19-12-7-10(2)18-11(3)8-12/h6-8,22H,1-5H3,(H3,17,18,19,20,21,23). The number of aromatic nitrogens is 1. The number of nitrogens with zero attached hydrogens (tertiary/aromatic N) is 2. The van der Waals surface area contributed by atoms with Crippen LogP contribution in [0, 0.1) is 20.8 Å². The molecule has 4 N–H and O–H groups in total. The number of nitrogens with two attached hydrogens (primary N) is 1. The second kappa shape index (κ2) is 6.83. The number of aryl methyl sites for hydroxylation is 3. The van der Waals surface area contributed by atoms with Gasteiger partial charge < -0.3 is 10.4 Å². The fraction of sp³-hybridized carbons (Fsp3) is 0.375. The van der Waals surface area contributed by atoms with Gasteiger partial charge in [-0.2, -0.15) is 0 Å². The lowest BCUT2D eigenvalue weighted by atomic mass is 10.1. The van der Waals surface area contributed by atoms with Crippen molar-refractivity contribution in [1.29, 1.82) is 0 Å². The topological polar surface area (TPSA) is 118 Å². The minimum Gasteiger partial charge on any atom is -0.385 e. The molecule has 2 amide bonds. The molecule has 2 aromatic rings. The number of aliphatic hydroxyl groups is 1. The Morgan fingerprint density at radius 3 is 2.32 bits per heavy atom. The van der Waals surface area contributed by atoms with E-state index in [1.54, 1.807) is 52.8 Å². The van der Waals surface area contributed by atoms with E-state index in [1.807, 2.05) is 0 Å². The summed E-state index contributed by atoms with van der Waals surface area (Å²) in [7, 11) is -3.41. The third-order valence-electron chi connectivity index (χ3n) is 3.29. The highest BCUT2D eigenvalue weighted by atomic mass is 32.2. The van der Waals surface area contributed by atoms with Crippen molar-refractivity contribution in [3.05, 3.63) is 40.0 Å². The van der Waals surface area contributed by atoms with Crippen molar-refractivity contribution in [2.45, 2.75) is 44.4 Å². The number of carbonyl (C=O) groups is 1. The quantitative estimate of drug-likeness (QED) is 0.755. The van der Waals surface area contributed by atoms with Crippen molar-refractivity contribution in [3.63, 3.8) is 0 Å². The molecule has 0 aliphatic carbocycles. The van der Waals surface area contributed by atoms with Gasteiger partial charge in [0.15, 0.2) is 9.92 Å². The lowest BCUT2D eigenvalue weighted by Gasteiger charge is -2.16. The normalized spacial score (nSPS) is 14.0. The van der Waals surface area contributed by atoms with E-state index in [0.717, 1.165) is 28.3 Å². The number of rotatable bonds is 3. The molecular formula is C16H22N4O3S2. The number of nitrogens with one attached hydrogen (secondary N) is 1. The molecule has 0 saturated carbocycles. The van der Waals surface area contributed by atoms with Crippen LogP contribution in [0.5, 0.6) is 0 Å². The van der Waals surface area contributed by atoms with E-state index in [-0.39, 0.29) is 4.21 Å². The van der Waals surface area contributed by atoms with Crippen LogP contribution in [0.3, 0.4) is 0 Å².